The second-order valence-corrected chi connectivity index (χ2v) is 4.69. The average molecular weight is 233 g/mol. The van der Waals surface area contributed by atoms with E-state index in [1.807, 2.05) is 17.5 Å². The van der Waals surface area contributed by atoms with Gasteiger partial charge in [-0.1, -0.05) is 37.6 Å². The van der Waals surface area contributed by atoms with Crippen molar-refractivity contribution in [1.29, 1.82) is 0 Å². The smallest absolute Gasteiger partial charge is 0.131 e. The highest BCUT2D eigenvalue weighted by Gasteiger charge is 2.12. The predicted molar refractivity (Wildman–Crippen MR) is 66.6 cm³/mol. The van der Waals surface area contributed by atoms with Gasteiger partial charge in [0.1, 0.15) is 11.1 Å². The van der Waals surface area contributed by atoms with Gasteiger partial charge in [0.15, 0.2) is 0 Å². The Morgan fingerprint density at radius 1 is 1.31 bits per heavy atom. The SMILES string of the molecule is CCCc1ccc(C(O)c2nccs2)cc1. The lowest BCUT2D eigenvalue weighted by Crippen LogP contribution is -1.98. The Bertz CT molecular complexity index is 422. The molecule has 2 nitrogen and oxygen atoms in total. The summed E-state index contributed by atoms with van der Waals surface area (Å²) in [6, 6.07) is 8.12. The average Bonchev–Trinajstić information content (AvgIpc) is 2.83. The minimum absolute atomic E-state index is 0.587. The van der Waals surface area contributed by atoms with Gasteiger partial charge in [-0.3, -0.25) is 0 Å². The first kappa shape index (κ1) is 11.3. The molecule has 2 rings (SSSR count). The van der Waals surface area contributed by atoms with Crippen LogP contribution in [0.1, 0.15) is 35.6 Å². The van der Waals surface area contributed by atoms with Crippen molar-refractivity contribution >= 4 is 11.3 Å². The summed E-state index contributed by atoms with van der Waals surface area (Å²) in [4.78, 5) is 4.12. The molecular weight excluding hydrogens is 218 g/mol. The van der Waals surface area contributed by atoms with Crippen LogP contribution in [0.2, 0.25) is 0 Å². The van der Waals surface area contributed by atoms with E-state index in [9.17, 15) is 5.11 Å². The van der Waals surface area contributed by atoms with E-state index in [1.165, 1.54) is 16.9 Å². The molecule has 1 aromatic heterocycles. The Balaban J connectivity index is 2.15. The van der Waals surface area contributed by atoms with Crippen LogP contribution in [-0.4, -0.2) is 10.1 Å². The largest absolute Gasteiger partial charge is 0.381 e. The summed E-state index contributed by atoms with van der Waals surface area (Å²) in [6.45, 7) is 2.17. The van der Waals surface area contributed by atoms with Gasteiger partial charge in [-0.2, -0.15) is 0 Å². The van der Waals surface area contributed by atoms with E-state index in [0.29, 0.717) is 0 Å². The summed E-state index contributed by atoms with van der Waals surface area (Å²) >= 11 is 1.48. The number of aliphatic hydroxyl groups is 1. The predicted octanol–water partition coefficient (Wildman–Crippen LogP) is 3.18. The highest BCUT2D eigenvalue weighted by Crippen LogP contribution is 2.23. The molecule has 1 unspecified atom stereocenters. The molecule has 0 aliphatic heterocycles. The first-order valence-electron chi connectivity index (χ1n) is 5.47. The maximum atomic E-state index is 10.0. The summed E-state index contributed by atoms with van der Waals surface area (Å²) in [5.41, 5.74) is 2.23. The number of thiazole rings is 1. The molecule has 3 heteroatoms. The van der Waals surface area contributed by atoms with Gasteiger partial charge in [0.25, 0.3) is 0 Å². The molecule has 0 aliphatic carbocycles. The zero-order valence-corrected chi connectivity index (χ0v) is 10.1. The molecule has 0 amide bonds. The molecule has 0 fully saturated rings. The Kier molecular flexibility index (Phi) is 3.70. The van der Waals surface area contributed by atoms with Gasteiger partial charge < -0.3 is 5.11 Å². The number of aromatic nitrogens is 1. The fourth-order valence-corrected chi connectivity index (χ4v) is 2.32. The van der Waals surface area contributed by atoms with Crippen LogP contribution in [0.4, 0.5) is 0 Å². The fraction of sp³-hybridized carbons (Fsp3) is 0.308. The number of nitrogens with zero attached hydrogens (tertiary/aromatic N) is 1. The molecule has 0 saturated heterocycles. The Morgan fingerprint density at radius 2 is 2.06 bits per heavy atom. The van der Waals surface area contributed by atoms with E-state index in [1.54, 1.807) is 6.20 Å². The molecule has 0 bridgehead atoms. The van der Waals surface area contributed by atoms with Gasteiger partial charge in [-0.05, 0) is 17.5 Å². The summed E-state index contributed by atoms with van der Waals surface area (Å²) in [5.74, 6) is 0. The summed E-state index contributed by atoms with van der Waals surface area (Å²) < 4.78 is 0. The monoisotopic (exact) mass is 233 g/mol. The minimum Gasteiger partial charge on any atom is -0.381 e. The van der Waals surface area contributed by atoms with Crippen molar-refractivity contribution in [3.05, 3.63) is 52.0 Å². The van der Waals surface area contributed by atoms with Crippen LogP contribution in [0.3, 0.4) is 0 Å². The quantitative estimate of drug-likeness (QED) is 0.879. The molecule has 0 aliphatic rings. The van der Waals surface area contributed by atoms with E-state index >= 15 is 0 Å². The molecule has 0 saturated carbocycles. The molecule has 0 radical (unpaired) electrons. The zero-order chi connectivity index (χ0) is 11.4. The minimum atomic E-state index is -0.587. The van der Waals surface area contributed by atoms with E-state index in [0.717, 1.165) is 23.4 Å². The third-order valence-electron chi connectivity index (χ3n) is 2.52. The molecule has 1 aromatic carbocycles. The molecule has 1 atom stereocenters. The van der Waals surface area contributed by atoms with Crippen molar-refractivity contribution in [1.82, 2.24) is 4.98 Å². The van der Waals surface area contributed by atoms with E-state index < -0.39 is 6.10 Å². The van der Waals surface area contributed by atoms with Crippen LogP contribution in [0, 0.1) is 0 Å². The van der Waals surface area contributed by atoms with Crippen LogP contribution >= 0.6 is 11.3 Å². The van der Waals surface area contributed by atoms with Gasteiger partial charge in [-0.15, -0.1) is 11.3 Å². The van der Waals surface area contributed by atoms with Crippen molar-refractivity contribution < 1.29 is 5.11 Å². The van der Waals surface area contributed by atoms with Crippen molar-refractivity contribution in [2.45, 2.75) is 25.9 Å². The third kappa shape index (κ3) is 2.49. The third-order valence-corrected chi connectivity index (χ3v) is 3.35. The standard InChI is InChI=1S/C13H15NOS/c1-2-3-10-4-6-11(7-5-10)12(15)13-14-8-9-16-13/h4-9,12,15H,2-3H2,1H3. The second kappa shape index (κ2) is 5.23. The van der Waals surface area contributed by atoms with Crippen molar-refractivity contribution in [3.63, 3.8) is 0 Å². The van der Waals surface area contributed by atoms with E-state index in [4.69, 9.17) is 0 Å². The first-order valence-corrected chi connectivity index (χ1v) is 6.35. The summed E-state index contributed by atoms with van der Waals surface area (Å²) in [7, 11) is 0. The number of benzene rings is 1. The van der Waals surface area contributed by atoms with Gasteiger partial charge in [-0.25, -0.2) is 4.98 Å². The van der Waals surface area contributed by atoms with Crippen molar-refractivity contribution in [3.8, 4) is 0 Å². The molecule has 16 heavy (non-hydrogen) atoms. The van der Waals surface area contributed by atoms with Gasteiger partial charge >= 0.3 is 0 Å². The molecule has 1 N–H and O–H groups in total. The van der Waals surface area contributed by atoms with Gasteiger partial charge in [0.2, 0.25) is 0 Å². The number of hydrogen-bond donors (Lipinski definition) is 1. The van der Waals surface area contributed by atoms with Gasteiger partial charge in [0.05, 0.1) is 0 Å². The van der Waals surface area contributed by atoms with Crippen LogP contribution < -0.4 is 0 Å². The molecule has 84 valence electrons. The maximum absolute atomic E-state index is 10.0. The maximum Gasteiger partial charge on any atom is 0.131 e. The summed E-state index contributed by atoms with van der Waals surface area (Å²) in [6.07, 6.45) is 3.37. The lowest BCUT2D eigenvalue weighted by Gasteiger charge is -2.08. The van der Waals surface area contributed by atoms with Crippen LogP contribution in [0.15, 0.2) is 35.8 Å². The Hall–Kier alpha value is -1.19. The van der Waals surface area contributed by atoms with Crippen LogP contribution in [0.5, 0.6) is 0 Å². The lowest BCUT2D eigenvalue weighted by atomic mass is 10.0. The van der Waals surface area contributed by atoms with Crippen LogP contribution in [0.25, 0.3) is 0 Å². The highest BCUT2D eigenvalue weighted by molar-refractivity contribution is 7.09. The number of aryl methyl sites for hydroxylation is 1. The first-order chi connectivity index (χ1) is 7.81. The lowest BCUT2D eigenvalue weighted by molar-refractivity contribution is 0.220. The van der Waals surface area contributed by atoms with E-state index in [2.05, 4.69) is 24.0 Å². The fourth-order valence-electron chi connectivity index (χ4n) is 1.67. The normalized spacial score (nSPS) is 12.6. The Labute approximate surface area is 99.6 Å². The van der Waals surface area contributed by atoms with Gasteiger partial charge in [0, 0.05) is 11.6 Å². The summed E-state index contributed by atoms with van der Waals surface area (Å²) in [5, 5.41) is 12.7. The molecule has 1 heterocycles. The number of aliphatic hydroxyl groups excluding tert-OH is 1. The zero-order valence-electron chi connectivity index (χ0n) is 9.26. The highest BCUT2D eigenvalue weighted by atomic mass is 32.1. The number of rotatable bonds is 4. The van der Waals surface area contributed by atoms with E-state index in [-0.39, 0.29) is 0 Å². The molecule has 0 spiro atoms. The van der Waals surface area contributed by atoms with Crippen LogP contribution in [-0.2, 0) is 6.42 Å². The second-order valence-electron chi connectivity index (χ2n) is 3.76. The number of hydrogen-bond acceptors (Lipinski definition) is 3. The molecular formula is C13H15NOS. The van der Waals surface area contributed by atoms with Crippen molar-refractivity contribution in [2.24, 2.45) is 0 Å². The van der Waals surface area contributed by atoms with Crippen molar-refractivity contribution in [2.75, 3.05) is 0 Å². The Morgan fingerprint density at radius 3 is 2.62 bits per heavy atom. The molecule has 2 aromatic rings. The topological polar surface area (TPSA) is 33.1 Å².